The summed E-state index contributed by atoms with van der Waals surface area (Å²) in [5, 5.41) is 14.6. The first-order chi connectivity index (χ1) is 12.9. The average molecular weight is 375 g/mol. The number of urea groups is 1. The first-order valence-corrected chi connectivity index (χ1v) is 9.60. The SMILES string of the molecule is CCC(CC)C(=O)N1CCC(NC(=O)NCc2ccc(C(=O)O)cc2)CC1. The van der Waals surface area contributed by atoms with Crippen LogP contribution in [0.25, 0.3) is 0 Å². The monoisotopic (exact) mass is 375 g/mol. The molecular weight excluding hydrogens is 346 g/mol. The Balaban J connectivity index is 1.72. The van der Waals surface area contributed by atoms with Crippen LogP contribution in [-0.4, -0.2) is 47.0 Å². The van der Waals surface area contributed by atoms with Gasteiger partial charge in [-0.05, 0) is 43.4 Å². The highest BCUT2D eigenvalue weighted by atomic mass is 16.4. The normalized spacial score (nSPS) is 14.9. The van der Waals surface area contributed by atoms with Crippen LogP contribution in [0.3, 0.4) is 0 Å². The van der Waals surface area contributed by atoms with Gasteiger partial charge in [0.2, 0.25) is 5.91 Å². The van der Waals surface area contributed by atoms with E-state index in [0.717, 1.165) is 31.2 Å². The fraction of sp³-hybridized carbons (Fsp3) is 0.550. The number of benzene rings is 1. The fourth-order valence-corrected chi connectivity index (χ4v) is 3.32. The predicted molar refractivity (Wildman–Crippen MR) is 102 cm³/mol. The third-order valence-electron chi connectivity index (χ3n) is 5.13. The van der Waals surface area contributed by atoms with Gasteiger partial charge in [-0.1, -0.05) is 26.0 Å². The summed E-state index contributed by atoms with van der Waals surface area (Å²) in [5.41, 5.74) is 1.05. The summed E-state index contributed by atoms with van der Waals surface area (Å²) in [4.78, 5) is 37.2. The first-order valence-electron chi connectivity index (χ1n) is 9.60. The van der Waals surface area contributed by atoms with E-state index < -0.39 is 5.97 Å². The molecule has 2 rings (SSSR count). The number of carbonyl (C=O) groups is 3. The molecule has 0 atom stereocenters. The van der Waals surface area contributed by atoms with Crippen LogP contribution in [0, 0.1) is 5.92 Å². The number of carboxylic acids is 1. The molecule has 1 saturated heterocycles. The number of rotatable bonds is 7. The highest BCUT2D eigenvalue weighted by molar-refractivity contribution is 5.87. The van der Waals surface area contributed by atoms with E-state index in [1.165, 1.54) is 12.1 Å². The highest BCUT2D eigenvalue weighted by Crippen LogP contribution is 2.17. The minimum absolute atomic E-state index is 0.0603. The van der Waals surface area contributed by atoms with Crippen LogP contribution in [0.1, 0.15) is 55.5 Å². The van der Waals surface area contributed by atoms with Gasteiger partial charge in [-0.3, -0.25) is 4.79 Å². The number of carboxylic acid groups (broad SMARTS) is 1. The highest BCUT2D eigenvalue weighted by Gasteiger charge is 2.27. The molecule has 27 heavy (non-hydrogen) atoms. The quantitative estimate of drug-likeness (QED) is 0.682. The standard InChI is InChI=1S/C20H29N3O4/c1-3-15(4-2)18(24)23-11-9-17(10-12-23)22-20(27)21-13-14-5-7-16(8-6-14)19(25)26/h5-8,15,17H,3-4,9-13H2,1-2H3,(H,25,26)(H2,21,22,27). The third kappa shape index (κ3) is 5.98. The van der Waals surface area contributed by atoms with E-state index in [0.29, 0.717) is 19.6 Å². The van der Waals surface area contributed by atoms with Crippen LogP contribution in [0.2, 0.25) is 0 Å². The number of nitrogens with zero attached hydrogens (tertiary/aromatic N) is 1. The fourth-order valence-electron chi connectivity index (χ4n) is 3.32. The number of likely N-dealkylation sites (tertiary alicyclic amines) is 1. The van der Waals surface area contributed by atoms with Crippen molar-refractivity contribution in [3.63, 3.8) is 0 Å². The van der Waals surface area contributed by atoms with Crippen molar-refractivity contribution in [3.8, 4) is 0 Å². The molecule has 3 amide bonds. The summed E-state index contributed by atoms with van der Waals surface area (Å²) in [7, 11) is 0. The molecule has 148 valence electrons. The smallest absolute Gasteiger partial charge is 0.335 e. The van der Waals surface area contributed by atoms with Gasteiger partial charge in [-0.2, -0.15) is 0 Å². The zero-order valence-corrected chi connectivity index (χ0v) is 16.0. The minimum Gasteiger partial charge on any atom is -0.478 e. The molecule has 1 aliphatic rings. The van der Waals surface area contributed by atoms with E-state index in [1.54, 1.807) is 12.1 Å². The Morgan fingerprint density at radius 3 is 2.22 bits per heavy atom. The van der Waals surface area contributed by atoms with E-state index in [4.69, 9.17) is 5.11 Å². The topological polar surface area (TPSA) is 98.7 Å². The van der Waals surface area contributed by atoms with E-state index >= 15 is 0 Å². The van der Waals surface area contributed by atoms with Gasteiger partial charge in [-0.25, -0.2) is 9.59 Å². The molecule has 0 radical (unpaired) electrons. The second-order valence-corrected chi connectivity index (χ2v) is 6.94. The van der Waals surface area contributed by atoms with E-state index in [1.807, 2.05) is 18.7 Å². The van der Waals surface area contributed by atoms with Crippen molar-refractivity contribution in [2.75, 3.05) is 13.1 Å². The van der Waals surface area contributed by atoms with Gasteiger partial charge in [0.15, 0.2) is 0 Å². The van der Waals surface area contributed by atoms with Gasteiger partial charge in [0.1, 0.15) is 0 Å². The molecule has 3 N–H and O–H groups in total. The molecule has 1 aromatic rings. The molecule has 7 heteroatoms. The summed E-state index contributed by atoms with van der Waals surface area (Å²) in [6.45, 7) is 5.77. The zero-order chi connectivity index (χ0) is 19.8. The summed E-state index contributed by atoms with van der Waals surface area (Å²) in [6.07, 6.45) is 3.24. The lowest BCUT2D eigenvalue weighted by Gasteiger charge is -2.34. The summed E-state index contributed by atoms with van der Waals surface area (Å²) in [5.74, 6) is -0.640. The summed E-state index contributed by atoms with van der Waals surface area (Å²) >= 11 is 0. The second kappa shape index (κ2) is 9.94. The number of piperidine rings is 1. The Labute approximate surface area is 160 Å². The predicted octanol–water partition coefficient (Wildman–Crippen LogP) is 2.61. The molecule has 1 aliphatic heterocycles. The van der Waals surface area contributed by atoms with Crippen molar-refractivity contribution in [2.45, 2.75) is 52.1 Å². The molecule has 0 saturated carbocycles. The van der Waals surface area contributed by atoms with Crippen LogP contribution in [0.4, 0.5) is 4.79 Å². The van der Waals surface area contributed by atoms with E-state index in [9.17, 15) is 14.4 Å². The van der Waals surface area contributed by atoms with Gasteiger partial charge in [-0.15, -0.1) is 0 Å². The lowest BCUT2D eigenvalue weighted by Crippen LogP contribution is -2.50. The Morgan fingerprint density at radius 2 is 1.70 bits per heavy atom. The average Bonchev–Trinajstić information content (AvgIpc) is 2.68. The molecule has 0 aromatic heterocycles. The van der Waals surface area contributed by atoms with Crippen molar-refractivity contribution in [1.82, 2.24) is 15.5 Å². The van der Waals surface area contributed by atoms with Gasteiger partial charge >= 0.3 is 12.0 Å². The summed E-state index contributed by atoms with van der Waals surface area (Å²) in [6, 6.07) is 6.22. The number of aromatic carboxylic acids is 1. The van der Waals surface area contributed by atoms with E-state index in [2.05, 4.69) is 10.6 Å². The molecule has 1 heterocycles. The largest absolute Gasteiger partial charge is 0.478 e. The Hall–Kier alpha value is -2.57. The Morgan fingerprint density at radius 1 is 1.11 bits per heavy atom. The van der Waals surface area contributed by atoms with Crippen molar-refractivity contribution in [3.05, 3.63) is 35.4 Å². The number of amides is 3. The maximum atomic E-state index is 12.4. The number of carbonyl (C=O) groups excluding carboxylic acids is 2. The van der Waals surface area contributed by atoms with Crippen LogP contribution >= 0.6 is 0 Å². The third-order valence-corrected chi connectivity index (χ3v) is 5.13. The van der Waals surface area contributed by atoms with Gasteiger partial charge in [0.05, 0.1) is 5.56 Å². The second-order valence-electron chi connectivity index (χ2n) is 6.94. The maximum absolute atomic E-state index is 12.4. The van der Waals surface area contributed by atoms with Crippen molar-refractivity contribution < 1.29 is 19.5 Å². The molecule has 1 aromatic carbocycles. The van der Waals surface area contributed by atoms with Crippen molar-refractivity contribution >= 4 is 17.9 Å². The van der Waals surface area contributed by atoms with Crippen LogP contribution in [0.5, 0.6) is 0 Å². The molecule has 0 aliphatic carbocycles. The Bertz CT molecular complexity index is 648. The summed E-state index contributed by atoms with van der Waals surface area (Å²) < 4.78 is 0. The zero-order valence-electron chi connectivity index (χ0n) is 16.0. The maximum Gasteiger partial charge on any atom is 0.335 e. The number of hydrogen-bond acceptors (Lipinski definition) is 3. The minimum atomic E-state index is -0.971. The van der Waals surface area contributed by atoms with Crippen LogP contribution in [0.15, 0.2) is 24.3 Å². The Kier molecular flexibility index (Phi) is 7.64. The molecule has 1 fully saturated rings. The van der Waals surface area contributed by atoms with Gasteiger partial charge in [0.25, 0.3) is 0 Å². The van der Waals surface area contributed by atoms with Crippen molar-refractivity contribution in [2.24, 2.45) is 5.92 Å². The first kappa shape index (κ1) is 20.7. The lowest BCUT2D eigenvalue weighted by atomic mass is 9.98. The van der Waals surface area contributed by atoms with Gasteiger partial charge < -0.3 is 20.6 Å². The van der Waals surface area contributed by atoms with E-state index in [-0.39, 0.29) is 29.5 Å². The van der Waals surface area contributed by atoms with Crippen molar-refractivity contribution in [1.29, 1.82) is 0 Å². The molecule has 0 unspecified atom stereocenters. The number of hydrogen-bond donors (Lipinski definition) is 3. The molecule has 7 nitrogen and oxygen atoms in total. The van der Waals surface area contributed by atoms with Gasteiger partial charge in [0, 0.05) is 31.6 Å². The number of nitrogens with one attached hydrogen (secondary N) is 2. The molecular formula is C20H29N3O4. The van der Waals surface area contributed by atoms with Crippen LogP contribution in [-0.2, 0) is 11.3 Å². The van der Waals surface area contributed by atoms with Crippen LogP contribution < -0.4 is 10.6 Å². The molecule has 0 bridgehead atoms. The molecule has 0 spiro atoms. The lowest BCUT2D eigenvalue weighted by molar-refractivity contribution is -0.136.